The lowest BCUT2D eigenvalue weighted by Crippen LogP contribution is -2.45. The molecule has 0 fully saturated rings. The van der Waals surface area contributed by atoms with Crippen LogP contribution in [0.2, 0.25) is 0 Å². The maximum absolute atomic E-state index is 12.2. The third-order valence-electron chi connectivity index (χ3n) is 6.56. The Morgan fingerprint density at radius 1 is 1.10 bits per heavy atom. The number of rotatable bonds is 12. The van der Waals surface area contributed by atoms with E-state index in [4.69, 9.17) is 21.9 Å². The van der Waals surface area contributed by atoms with E-state index in [-0.39, 0.29) is 31.1 Å². The molecule has 224 valence electrons. The number of fused-ring (bicyclic) bond motifs is 1. The van der Waals surface area contributed by atoms with Gasteiger partial charge < -0.3 is 42.4 Å². The first-order chi connectivity index (χ1) is 19.4. The van der Waals surface area contributed by atoms with Crippen molar-refractivity contribution >= 4 is 36.0 Å². The molecule has 11 nitrogen and oxygen atoms in total. The van der Waals surface area contributed by atoms with Crippen molar-refractivity contribution in [1.82, 2.24) is 10.2 Å². The van der Waals surface area contributed by atoms with Crippen molar-refractivity contribution in [2.75, 3.05) is 38.0 Å². The predicted octanol–water partition coefficient (Wildman–Crippen LogP) is -0.0643. The Labute approximate surface area is 241 Å². The molecule has 1 aliphatic rings. The van der Waals surface area contributed by atoms with Gasteiger partial charge in [0, 0.05) is 38.3 Å². The number of nitrogens with one attached hydrogen (secondary N) is 2. The maximum Gasteiger partial charge on any atom is 0.492 e. The Bertz CT molecular complexity index is 1160. The SMILES string of the molecule is CC1(C)OB(O)c2cc(NC(=O)CNC(=O)C(N)CCC(=O)N(CCN)CCN)ccc21.CCc1ccc(F)cc1. The van der Waals surface area contributed by atoms with Crippen LogP contribution < -0.4 is 33.3 Å². The smallest absolute Gasteiger partial charge is 0.423 e. The van der Waals surface area contributed by atoms with Gasteiger partial charge in [-0.25, -0.2) is 4.39 Å². The summed E-state index contributed by atoms with van der Waals surface area (Å²) in [5, 5.41) is 15.2. The van der Waals surface area contributed by atoms with E-state index in [1.165, 1.54) is 22.6 Å². The second kappa shape index (κ2) is 16.2. The summed E-state index contributed by atoms with van der Waals surface area (Å²) in [4.78, 5) is 38.1. The number of anilines is 1. The fourth-order valence-electron chi connectivity index (χ4n) is 4.26. The molecule has 1 unspecified atom stereocenters. The number of nitrogens with two attached hydrogens (primary N) is 3. The molecule has 0 aromatic heterocycles. The zero-order valence-corrected chi connectivity index (χ0v) is 24.0. The van der Waals surface area contributed by atoms with Gasteiger partial charge in [-0.1, -0.05) is 25.1 Å². The molecule has 0 saturated carbocycles. The van der Waals surface area contributed by atoms with Crippen LogP contribution in [0.4, 0.5) is 10.1 Å². The molecular formula is C28H42BFN6O5. The van der Waals surface area contributed by atoms with E-state index >= 15 is 0 Å². The highest BCUT2D eigenvalue weighted by Gasteiger charge is 2.40. The minimum atomic E-state index is -1.07. The summed E-state index contributed by atoms with van der Waals surface area (Å²) in [6.07, 6.45) is 1.19. The molecule has 41 heavy (non-hydrogen) atoms. The lowest BCUT2D eigenvalue weighted by Gasteiger charge is -2.22. The highest BCUT2D eigenvalue weighted by molar-refractivity contribution is 6.62. The van der Waals surface area contributed by atoms with Gasteiger partial charge >= 0.3 is 7.12 Å². The normalized spacial score (nSPS) is 13.9. The second-order valence-corrected chi connectivity index (χ2v) is 10.1. The molecule has 0 spiro atoms. The van der Waals surface area contributed by atoms with Gasteiger partial charge in [-0.3, -0.25) is 14.4 Å². The van der Waals surface area contributed by atoms with Gasteiger partial charge in [0.2, 0.25) is 17.7 Å². The monoisotopic (exact) mass is 572 g/mol. The van der Waals surface area contributed by atoms with Crippen molar-refractivity contribution in [2.45, 2.75) is 51.7 Å². The summed E-state index contributed by atoms with van der Waals surface area (Å²) in [7, 11) is -1.07. The molecule has 2 aromatic carbocycles. The molecule has 1 atom stereocenters. The number of carbonyl (C=O) groups excluding carboxylic acids is 3. The van der Waals surface area contributed by atoms with Crippen LogP contribution >= 0.6 is 0 Å². The average Bonchev–Trinajstić information content (AvgIpc) is 3.17. The molecule has 3 rings (SSSR count). The van der Waals surface area contributed by atoms with Crippen LogP contribution in [0, 0.1) is 5.82 Å². The Morgan fingerprint density at radius 2 is 1.73 bits per heavy atom. The molecule has 2 aromatic rings. The lowest BCUT2D eigenvalue weighted by molar-refractivity contribution is -0.131. The zero-order chi connectivity index (χ0) is 30.6. The van der Waals surface area contributed by atoms with E-state index in [2.05, 4.69) is 10.6 Å². The standard InChI is InChI=1S/C20H33BN6O5.C8H9F/c1-20(2)14-4-3-13(11-15(14)21(31)32-20)26-17(28)12-25-19(30)16(24)5-6-18(29)27(9-7-22)10-8-23;1-2-7-3-5-8(9)6-4-7/h3-4,11,16,31H,5-10,12,22-24H2,1-2H3,(H,25,30)(H,26,28);3-6H,2H2,1H3. The maximum atomic E-state index is 12.2. The third-order valence-corrected chi connectivity index (χ3v) is 6.56. The highest BCUT2D eigenvalue weighted by atomic mass is 19.1. The Morgan fingerprint density at radius 3 is 2.32 bits per heavy atom. The van der Waals surface area contributed by atoms with E-state index in [0.29, 0.717) is 37.3 Å². The van der Waals surface area contributed by atoms with E-state index < -0.39 is 30.6 Å². The zero-order valence-electron chi connectivity index (χ0n) is 24.0. The summed E-state index contributed by atoms with van der Waals surface area (Å²) < 4.78 is 17.7. The summed E-state index contributed by atoms with van der Waals surface area (Å²) >= 11 is 0. The molecule has 0 saturated heterocycles. The molecule has 1 heterocycles. The minimum Gasteiger partial charge on any atom is -0.423 e. The Balaban J connectivity index is 0.000000553. The summed E-state index contributed by atoms with van der Waals surface area (Å²) in [5.74, 6) is -1.32. The van der Waals surface area contributed by atoms with Gasteiger partial charge in [-0.05, 0) is 67.5 Å². The van der Waals surface area contributed by atoms with Crippen LogP contribution in [0.1, 0.15) is 44.7 Å². The van der Waals surface area contributed by atoms with Crippen LogP contribution in [0.15, 0.2) is 42.5 Å². The summed E-state index contributed by atoms with van der Waals surface area (Å²) in [6.45, 7) is 6.88. The Kier molecular flexibility index (Phi) is 13.4. The van der Waals surface area contributed by atoms with Crippen molar-refractivity contribution in [3.63, 3.8) is 0 Å². The number of hydrogen-bond donors (Lipinski definition) is 6. The first-order valence-electron chi connectivity index (χ1n) is 13.7. The minimum absolute atomic E-state index is 0.0800. The van der Waals surface area contributed by atoms with Crippen LogP contribution in [0.3, 0.4) is 0 Å². The van der Waals surface area contributed by atoms with E-state index in [0.717, 1.165) is 12.0 Å². The molecule has 1 aliphatic heterocycles. The van der Waals surface area contributed by atoms with Gasteiger partial charge in [0.05, 0.1) is 18.2 Å². The lowest BCUT2D eigenvalue weighted by atomic mass is 9.78. The fourth-order valence-corrected chi connectivity index (χ4v) is 4.26. The van der Waals surface area contributed by atoms with Crippen LogP contribution in [-0.2, 0) is 31.1 Å². The fraction of sp³-hybridized carbons (Fsp3) is 0.464. The van der Waals surface area contributed by atoms with Gasteiger partial charge in [0.1, 0.15) is 5.82 Å². The predicted molar refractivity (Wildman–Crippen MR) is 157 cm³/mol. The van der Waals surface area contributed by atoms with E-state index in [1.54, 1.807) is 30.3 Å². The average molecular weight is 572 g/mol. The van der Waals surface area contributed by atoms with E-state index in [1.807, 2.05) is 20.8 Å². The summed E-state index contributed by atoms with van der Waals surface area (Å²) in [5.41, 5.74) is 19.3. The van der Waals surface area contributed by atoms with Crippen LogP contribution in [0.5, 0.6) is 0 Å². The number of nitrogens with zero attached hydrogens (tertiary/aromatic N) is 1. The molecule has 9 N–H and O–H groups in total. The molecule has 13 heteroatoms. The van der Waals surface area contributed by atoms with Crippen molar-refractivity contribution in [3.05, 3.63) is 59.4 Å². The first-order valence-corrected chi connectivity index (χ1v) is 13.7. The van der Waals surface area contributed by atoms with Gasteiger partial charge in [-0.15, -0.1) is 0 Å². The largest absolute Gasteiger partial charge is 0.492 e. The van der Waals surface area contributed by atoms with Gasteiger partial charge in [-0.2, -0.15) is 0 Å². The number of aryl methyl sites for hydroxylation is 1. The Hall–Kier alpha value is -3.36. The summed E-state index contributed by atoms with van der Waals surface area (Å²) in [6, 6.07) is 10.8. The number of amides is 3. The molecule has 3 amide bonds. The van der Waals surface area contributed by atoms with Crippen molar-refractivity contribution in [3.8, 4) is 0 Å². The van der Waals surface area contributed by atoms with Crippen LogP contribution in [-0.4, -0.2) is 73.5 Å². The molecule has 0 bridgehead atoms. The number of benzene rings is 2. The molecule has 0 aliphatic carbocycles. The highest BCUT2D eigenvalue weighted by Crippen LogP contribution is 2.30. The third kappa shape index (κ3) is 10.5. The molecule has 0 radical (unpaired) electrons. The van der Waals surface area contributed by atoms with Crippen LogP contribution in [0.25, 0.3) is 0 Å². The van der Waals surface area contributed by atoms with Gasteiger partial charge in [0.15, 0.2) is 0 Å². The van der Waals surface area contributed by atoms with Crippen molar-refractivity contribution < 1.29 is 28.5 Å². The van der Waals surface area contributed by atoms with Crippen molar-refractivity contribution in [2.24, 2.45) is 17.2 Å². The second-order valence-electron chi connectivity index (χ2n) is 10.1. The molecular weight excluding hydrogens is 530 g/mol. The topological polar surface area (TPSA) is 186 Å². The first kappa shape index (κ1) is 33.8. The quantitative estimate of drug-likeness (QED) is 0.191. The number of carbonyl (C=O) groups is 3. The van der Waals surface area contributed by atoms with E-state index in [9.17, 15) is 23.8 Å². The van der Waals surface area contributed by atoms with Gasteiger partial charge in [0.25, 0.3) is 0 Å². The number of hydrogen-bond acceptors (Lipinski definition) is 8. The van der Waals surface area contributed by atoms with Crippen molar-refractivity contribution in [1.29, 1.82) is 0 Å². The number of halogens is 1.